The van der Waals surface area contributed by atoms with Crippen molar-refractivity contribution in [2.75, 3.05) is 18.6 Å². The first-order valence-corrected chi connectivity index (χ1v) is 7.56. The fraction of sp³-hybridized carbons (Fsp3) is 0.353. The molecule has 3 heterocycles. The number of ether oxygens (including phenoxy) is 2. The topological polar surface area (TPSA) is 93.1 Å². The van der Waals surface area contributed by atoms with Gasteiger partial charge in [0.2, 0.25) is 11.8 Å². The molecule has 0 saturated carbocycles. The van der Waals surface area contributed by atoms with Gasteiger partial charge < -0.3 is 14.6 Å². The van der Waals surface area contributed by atoms with Gasteiger partial charge in [0.15, 0.2) is 0 Å². The quantitative estimate of drug-likeness (QED) is 0.486. The van der Waals surface area contributed by atoms with Crippen LogP contribution in [-0.4, -0.2) is 48.3 Å². The molecule has 2 amide bonds. The van der Waals surface area contributed by atoms with E-state index in [0.29, 0.717) is 11.3 Å². The predicted molar refractivity (Wildman–Crippen MR) is 81.1 cm³/mol. The lowest BCUT2D eigenvalue weighted by atomic mass is 9.77. The molecule has 24 heavy (non-hydrogen) atoms. The molecule has 3 aliphatic rings. The van der Waals surface area contributed by atoms with Gasteiger partial charge in [0, 0.05) is 0 Å². The summed E-state index contributed by atoms with van der Waals surface area (Å²) in [6, 6.07) is 6.07. The zero-order chi connectivity index (χ0) is 17.1. The highest BCUT2D eigenvalue weighted by Gasteiger charge is 2.67. The molecule has 4 rings (SSSR count). The largest absolute Gasteiger partial charge is 0.465 e. The third-order valence-electron chi connectivity index (χ3n) is 4.95. The summed E-state index contributed by atoms with van der Waals surface area (Å²) < 4.78 is 10.3. The van der Waals surface area contributed by atoms with Gasteiger partial charge in [-0.15, -0.1) is 0 Å². The number of carbonyl (C=O) groups excluding carboxylic acids is 3. The molecule has 4 atom stereocenters. The Hall–Kier alpha value is -2.51. The second kappa shape index (κ2) is 4.99. The van der Waals surface area contributed by atoms with Gasteiger partial charge >= 0.3 is 5.97 Å². The lowest BCUT2D eigenvalue weighted by Crippen LogP contribution is -2.43. The average molecular weight is 329 g/mol. The number of aliphatic hydroxyl groups is 1. The number of rotatable bonds is 3. The van der Waals surface area contributed by atoms with E-state index in [1.165, 1.54) is 31.4 Å². The number of hydrogen-bond donors (Lipinski definition) is 1. The second-order valence-electron chi connectivity index (χ2n) is 6.11. The molecule has 0 spiro atoms. The first kappa shape index (κ1) is 15.0. The Morgan fingerprint density at radius 1 is 1.29 bits per heavy atom. The van der Waals surface area contributed by atoms with E-state index in [0.717, 1.165) is 4.90 Å². The van der Waals surface area contributed by atoms with Crippen LogP contribution in [0, 0.1) is 11.8 Å². The second-order valence-corrected chi connectivity index (χ2v) is 6.11. The molecule has 1 aromatic carbocycles. The van der Waals surface area contributed by atoms with Crippen LogP contribution < -0.4 is 4.90 Å². The molecule has 2 fully saturated rings. The Kier molecular flexibility index (Phi) is 3.13. The molecule has 2 saturated heterocycles. The number of nitrogens with zero attached hydrogens (tertiary/aromatic N) is 1. The molecular formula is C17H15NO6. The van der Waals surface area contributed by atoms with Crippen molar-refractivity contribution >= 4 is 23.5 Å². The summed E-state index contributed by atoms with van der Waals surface area (Å²) in [5.41, 5.74) is -0.389. The Morgan fingerprint density at radius 2 is 2.00 bits per heavy atom. The van der Waals surface area contributed by atoms with E-state index in [2.05, 4.69) is 4.74 Å². The standard InChI is InChI=1S/C17H15NO6/c1-23-16(22)9-2-4-10(5-3-9)18-14(20)12-11-6-7-17(8-19,24-11)13(12)15(18)21/h2-7,11-13,19H,8H2,1H3/t11-,12+,13-,17+/m0/s1. The number of amides is 2. The summed E-state index contributed by atoms with van der Waals surface area (Å²) >= 11 is 0. The van der Waals surface area contributed by atoms with E-state index in [4.69, 9.17) is 4.74 Å². The van der Waals surface area contributed by atoms with Gasteiger partial charge in [0.1, 0.15) is 5.60 Å². The lowest BCUT2D eigenvalue weighted by Gasteiger charge is -2.26. The number of aliphatic hydroxyl groups excluding tert-OH is 1. The van der Waals surface area contributed by atoms with Crippen LogP contribution in [0.2, 0.25) is 0 Å². The van der Waals surface area contributed by atoms with Crippen molar-refractivity contribution in [3.8, 4) is 0 Å². The van der Waals surface area contributed by atoms with Crippen molar-refractivity contribution < 1.29 is 29.0 Å². The molecule has 7 heteroatoms. The third kappa shape index (κ3) is 1.76. The van der Waals surface area contributed by atoms with E-state index in [-0.39, 0.29) is 12.5 Å². The molecule has 7 nitrogen and oxygen atoms in total. The molecule has 1 N–H and O–H groups in total. The monoisotopic (exact) mass is 329 g/mol. The number of benzene rings is 1. The van der Waals surface area contributed by atoms with E-state index < -0.39 is 35.4 Å². The normalized spacial score (nSPS) is 33.2. The van der Waals surface area contributed by atoms with E-state index >= 15 is 0 Å². The molecule has 2 bridgehead atoms. The summed E-state index contributed by atoms with van der Waals surface area (Å²) in [7, 11) is 1.28. The SMILES string of the molecule is COC(=O)c1ccc(N2C(=O)[C@@H]3[C@@H]4C=C[C@](CO)(O4)[C@@H]3C2=O)cc1. The summed E-state index contributed by atoms with van der Waals surface area (Å²) in [6.07, 6.45) is 2.92. The van der Waals surface area contributed by atoms with Crippen molar-refractivity contribution in [3.63, 3.8) is 0 Å². The van der Waals surface area contributed by atoms with Crippen LogP contribution >= 0.6 is 0 Å². The number of carbonyl (C=O) groups is 3. The Balaban J connectivity index is 1.68. The number of anilines is 1. The highest BCUT2D eigenvalue weighted by Crippen LogP contribution is 2.52. The predicted octanol–water partition coefficient (Wildman–Crippen LogP) is 0.278. The van der Waals surface area contributed by atoms with Crippen molar-refractivity contribution in [3.05, 3.63) is 42.0 Å². The molecule has 0 aromatic heterocycles. The van der Waals surface area contributed by atoms with Crippen LogP contribution in [0.25, 0.3) is 0 Å². The van der Waals surface area contributed by atoms with Gasteiger partial charge in [-0.25, -0.2) is 9.69 Å². The van der Waals surface area contributed by atoms with Gasteiger partial charge in [-0.3, -0.25) is 9.59 Å². The average Bonchev–Trinajstić information content (AvgIpc) is 3.25. The maximum absolute atomic E-state index is 12.8. The number of imide groups is 1. The Labute approximate surface area is 137 Å². The van der Waals surface area contributed by atoms with Crippen molar-refractivity contribution in [1.82, 2.24) is 0 Å². The fourth-order valence-electron chi connectivity index (χ4n) is 3.80. The molecule has 124 valence electrons. The number of esters is 1. The zero-order valence-corrected chi connectivity index (χ0v) is 12.8. The molecule has 3 aliphatic heterocycles. The molecule has 0 unspecified atom stereocenters. The van der Waals surface area contributed by atoms with Crippen LogP contribution in [0.15, 0.2) is 36.4 Å². The maximum atomic E-state index is 12.8. The zero-order valence-electron chi connectivity index (χ0n) is 12.8. The Bertz CT molecular complexity index is 770. The Morgan fingerprint density at radius 3 is 2.62 bits per heavy atom. The van der Waals surface area contributed by atoms with Gasteiger partial charge in [0.25, 0.3) is 0 Å². The molecule has 0 aliphatic carbocycles. The van der Waals surface area contributed by atoms with E-state index in [1.54, 1.807) is 12.2 Å². The number of fused-ring (bicyclic) bond motifs is 5. The number of hydrogen-bond acceptors (Lipinski definition) is 6. The summed E-state index contributed by atoms with van der Waals surface area (Å²) in [4.78, 5) is 38.2. The summed E-state index contributed by atoms with van der Waals surface area (Å²) in [6.45, 7) is -0.352. The van der Waals surface area contributed by atoms with Gasteiger partial charge in [-0.2, -0.15) is 0 Å². The molecule has 0 radical (unpaired) electrons. The highest BCUT2D eigenvalue weighted by atomic mass is 16.5. The lowest BCUT2D eigenvalue weighted by molar-refractivity contribution is -0.128. The van der Waals surface area contributed by atoms with Crippen molar-refractivity contribution in [1.29, 1.82) is 0 Å². The molecular weight excluding hydrogens is 314 g/mol. The van der Waals surface area contributed by atoms with Crippen LogP contribution in [0.3, 0.4) is 0 Å². The first-order valence-electron chi connectivity index (χ1n) is 7.56. The maximum Gasteiger partial charge on any atom is 0.337 e. The number of methoxy groups -OCH3 is 1. The van der Waals surface area contributed by atoms with E-state index in [9.17, 15) is 19.5 Å². The van der Waals surface area contributed by atoms with Gasteiger partial charge in [-0.05, 0) is 24.3 Å². The minimum Gasteiger partial charge on any atom is -0.465 e. The first-order chi connectivity index (χ1) is 11.5. The fourth-order valence-corrected chi connectivity index (χ4v) is 3.80. The van der Waals surface area contributed by atoms with Gasteiger partial charge in [-0.1, -0.05) is 12.2 Å². The summed E-state index contributed by atoms with van der Waals surface area (Å²) in [5, 5.41) is 9.67. The smallest absolute Gasteiger partial charge is 0.337 e. The summed E-state index contributed by atoms with van der Waals surface area (Å²) in [5.74, 6) is -2.56. The van der Waals surface area contributed by atoms with Gasteiger partial charge in [0.05, 0.1) is 42.9 Å². The van der Waals surface area contributed by atoms with Crippen LogP contribution in [-0.2, 0) is 19.1 Å². The highest BCUT2D eigenvalue weighted by molar-refractivity contribution is 6.23. The van der Waals surface area contributed by atoms with Crippen LogP contribution in [0.5, 0.6) is 0 Å². The minimum atomic E-state index is -1.11. The van der Waals surface area contributed by atoms with Crippen molar-refractivity contribution in [2.24, 2.45) is 11.8 Å². The third-order valence-corrected chi connectivity index (χ3v) is 4.95. The molecule has 1 aromatic rings. The van der Waals surface area contributed by atoms with Crippen molar-refractivity contribution in [2.45, 2.75) is 11.7 Å². The minimum absolute atomic E-state index is 0.331. The van der Waals surface area contributed by atoms with E-state index in [1.807, 2.05) is 0 Å². The van der Waals surface area contributed by atoms with Crippen LogP contribution in [0.1, 0.15) is 10.4 Å². The van der Waals surface area contributed by atoms with Crippen LogP contribution in [0.4, 0.5) is 5.69 Å².